The quantitative estimate of drug-likeness (QED) is 0.576. The Hall–Kier alpha value is -0.800. The zero-order valence-corrected chi connectivity index (χ0v) is 16.2. The van der Waals surface area contributed by atoms with E-state index in [1.54, 1.807) is 0 Å². The molecule has 1 heterocycles. The van der Waals surface area contributed by atoms with Gasteiger partial charge < -0.3 is 11.1 Å². The van der Waals surface area contributed by atoms with Gasteiger partial charge in [0.2, 0.25) is 11.8 Å². The van der Waals surface area contributed by atoms with Gasteiger partial charge in [-0.05, 0) is 19.3 Å². The SMILES string of the molecule is CC(C)CCCC(C)NC(=O)CSc1nnc(SCC(N)=O)s1. The van der Waals surface area contributed by atoms with E-state index in [1.165, 1.54) is 41.3 Å². The Morgan fingerprint density at radius 1 is 1.13 bits per heavy atom. The third-order valence-corrected chi connectivity index (χ3v) is 6.09. The standard InChI is InChI=1S/C14H24N4O2S3/c1-9(2)5-4-6-10(3)16-12(20)8-22-14-18-17-13(23-14)21-7-11(15)19/h9-10H,4-8H2,1-3H3,(H2,15,19)(H,16,20). The topological polar surface area (TPSA) is 98.0 Å². The highest BCUT2D eigenvalue weighted by Crippen LogP contribution is 2.28. The minimum atomic E-state index is -0.384. The third kappa shape index (κ3) is 9.83. The van der Waals surface area contributed by atoms with Crippen molar-refractivity contribution in [2.75, 3.05) is 11.5 Å². The number of thioether (sulfide) groups is 2. The zero-order valence-electron chi connectivity index (χ0n) is 13.7. The Bertz CT molecular complexity index is 508. The van der Waals surface area contributed by atoms with Gasteiger partial charge in [0, 0.05) is 6.04 Å². The summed E-state index contributed by atoms with van der Waals surface area (Å²) in [5.41, 5.74) is 5.08. The van der Waals surface area contributed by atoms with Crippen LogP contribution in [0.1, 0.15) is 40.0 Å². The highest BCUT2D eigenvalue weighted by molar-refractivity contribution is 8.03. The first-order valence-corrected chi connectivity index (χ1v) is 10.3. The Labute approximate surface area is 149 Å². The van der Waals surface area contributed by atoms with Crippen molar-refractivity contribution in [3.8, 4) is 0 Å². The van der Waals surface area contributed by atoms with E-state index in [4.69, 9.17) is 5.73 Å². The first-order chi connectivity index (χ1) is 10.9. The number of primary amides is 1. The van der Waals surface area contributed by atoms with Crippen LogP contribution in [0.3, 0.4) is 0 Å². The van der Waals surface area contributed by atoms with Crippen LogP contribution in [0.2, 0.25) is 0 Å². The first kappa shape index (κ1) is 20.2. The highest BCUT2D eigenvalue weighted by Gasteiger charge is 2.11. The van der Waals surface area contributed by atoms with Gasteiger partial charge in [-0.15, -0.1) is 10.2 Å². The Kier molecular flexibility index (Phi) is 9.57. The van der Waals surface area contributed by atoms with Crippen LogP contribution in [0.4, 0.5) is 0 Å². The lowest BCUT2D eigenvalue weighted by Gasteiger charge is -2.14. The van der Waals surface area contributed by atoms with Crippen LogP contribution in [0, 0.1) is 5.92 Å². The molecule has 0 aliphatic rings. The smallest absolute Gasteiger partial charge is 0.230 e. The van der Waals surface area contributed by atoms with Gasteiger partial charge in [-0.25, -0.2) is 0 Å². The van der Waals surface area contributed by atoms with Crippen LogP contribution in [-0.2, 0) is 9.59 Å². The number of carbonyl (C=O) groups is 2. The molecule has 1 aromatic heterocycles. The fourth-order valence-corrected chi connectivity index (χ4v) is 4.37. The molecule has 6 nitrogen and oxygen atoms in total. The van der Waals surface area contributed by atoms with Crippen LogP contribution in [-0.4, -0.2) is 39.6 Å². The molecule has 0 radical (unpaired) electrons. The summed E-state index contributed by atoms with van der Waals surface area (Å²) in [7, 11) is 0. The number of rotatable bonds is 11. The van der Waals surface area contributed by atoms with Crippen LogP contribution in [0.25, 0.3) is 0 Å². The molecule has 3 N–H and O–H groups in total. The van der Waals surface area contributed by atoms with E-state index in [0.29, 0.717) is 16.0 Å². The fraction of sp³-hybridized carbons (Fsp3) is 0.714. The maximum absolute atomic E-state index is 11.9. The normalized spacial score (nSPS) is 12.3. The van der Waals surface area contributed by atoms with Crippen molar-refractivity contribution >= 4 is 46.7 Å². The number of hydrogen-bond donors (Lipinski definition) is 2. The molecule has 130 valence electrons. The minimum Gasteiger partial charge on any atom is -0.369 e. The van der Waals surface area contributed by atoms with E-state index < -0.39 is 0 Å². The molecule has 0 aliphatic heterocycles. The summed E-state index contributed by atoms with van der Waals surface area (Å²) in [6, 6.07) is 0.193. The van der Waals surface area contributed by atoms with Crippen molar-refractivity contribution in [2.24, 2.45) is 11.7 Å². The van der Waals surface area contributed by atoms with Crippen molar-refractivity contribution < 1.29 is 9.59 Å². The molecule has 0 aliphatic carbocycles. The summed E-state index contributed by atoms with van der Waals surface area (Å²) in [5.74, 6) is 0.837. The van der Waals surface area contributed by atoms with Crippen molar-refractivity contribution in [3.63, 3.8) is 0 Å². The Morgan fingerprint density at radius 3 is 2.30 bits per heavy atom. The predicted molar refractivity (Wildman–Crippen MR) is 96.8 cm³/mol. The Balaban J connectivity index is 2.23. The van der Waals surface area contributed by atoms with Crippen molar-refractivity contribution in [1.29, 1.82) is 0 Å². The van der Waals surface area contributed by atoms with Crippen molar-refractivity contribution in [1.82, 2.24) is 15.5 Å². The second-order valence-electron chi connectivity index (χ2n) is 5.67. The molecular weight excluding hydrogens is 352 g/mol. The van der Waals surface area contributed by atoms with Gasteiger partial charge >= 0.3 is 0 Å². The van der Waals surface area contributed by atoms with E-state index in [2.05, 4.69) is 29.4 Å². The first-order valence-electron chi connectivity index (χ1n) is 7.53. The predicted octanol–water partition coefficient (Wildman–Crippen LogP) is 2.54. The Morgan fingerprint density at radius 2 is 1.74 bits per heavy atom. The van der Waals surface area contributed by atoms with Gasteiger partial charge in [-0.1, -0.05) is 61.5 Å². The largest absolute Gasteiger partial charge is 0.369 e. The average molecular weight is 377 g/mol. The molecule has 0 fully saturated rings. The fourth-order valence-electron chi connectivity index (χ4n) is 1.79. The van der Waals surface area contributed by atoms with Crippen molar-refractivity contribution in [2.45, 2.75) is 54.8 Å². The average Bonchev–Trinajstić information content (AvgIpc) is 2.90. The molecule has 1 rings (SSSR count). The lowest BCUT2D eigenvalue weighted by molar-refractivity contribution is -0.119. The van der Waals surface area contributed by atoms with Crippen LogP contribution < -0.4 is 11.1 Å². The number of aromatic nitrogens is 2. The van der Waals surface area contributed by atoms with E-state index in [0.717, 1.165) is 17.2 Å². The lowest BCUT2D eigenvalue weighted by atomic mass is 10.0. The summed E-state index contributed by atoms with van der Waals surface area (Å²) in [6.45, 7) is 6.45. The molecule has 23 heavy (non-hydrogen) atoms. The molecule has 2 amide bonds. The number of amides is 2. The summed E-state index contributed by atoms with van der Waals surface area (Å²) in [5, 5.41) is 10.9. The van der Waals surface area contributed by atoms with E-state index in [1.807, 2.05) is 6.92 Å². The van der Waals surface area contributed by atoms with Gasteiger partial charge in [0.15, 0.2) is 8.68 Å². The molecular formula is C14H24N4O2S3. The summed E-state index contributed by atoms with van der Waals surface area (Å²) in [4.78, 5) is 22.6. The molecule has 9 heteroatoms. The van der Waals surface area contributed by atoms with Gasteiger partial charge in [0.05, 0.1) is 11.5 Å². The number of carbonyl (C=O) groups excluding carboxylic acids is 2. The molecule has 0 saturated carbocycles. The van der Waals surface area contributed by atoms with E-state index in [-0.39, 0.29) is 23.6 Å². The molecule has 1 atom stereocenters. The van der Waals surface area contributed by atoms with Gasteiger partial charge in [-0.3, -0.25) is 9.59 Å². The maximum Gasteiger partial charge on any atom is 0.230 e. The van der Waals surface area contributed by atoms with Crippen molar-refractivity contribution in [3.05, 3.63) is 0 Å². The summed E-state index contributed by atoms with van der Waals surface area (Å²) >= 11 is 3.99. The number of nitrogens with two attached hydrogens (primary N) is 1. The molecule has 1 aromatic rings. The van der Waals surface area contributed by atoms with Gasteiger partial charge in [-0.2, -0.15) is 0 Å². The van der Waals surface area contributed by atoms with E-state index in [9.17, 15) is 9.59 Å². The number of hydrogen-bond acceptors (Lipinski definition) is 7. The maximum atomic E-state index is 11.9. The zero-order chi connectivity index (χ0) is 17.2. The molecule has 0 spiro atoms. The molecule has 0 saturated heterocycles. The highest BCUT2D eigenvalue weighted by atomic mass is 32.2. The molecule has 0 bridgehead atoms. The van der Waals surface area contributed by atoms with Crippen LogP contribution >= 0.6 is 34.9 Å². The lowest BCUT2D eigenvalue weighted by Crippen LogP contribution is -2.33. The minimum absolute atomic E-state index is 0.00795. The summed E-state index contributed by atoms with van der Waals surface area (Å²) < 4.78 is 1.41. The third-order valence-electron chi connectivity index (χ3n) is 2.88. The number of nitrogens with zero attached hydrogens (tertiary/aromatic N) is 2. The second kappa shape index (κ2) is 10.9. The summed E-state index contributed by atoms with van der Waals surface area (Å²) in [6.07, 6.45) is 3.32. The van der Waals surface area contributed by atoms with Gasteiger partial charge in [0.25, 0.3) is 0 Å². The number of nitrogens with one attached hydrogen (secondary N) is 1. The molecule has 1 unspecified atom stereocenters. The van der Waals surface area contributed by atoms with Crippen LogP contribution in [0.5, 0.6) is 0 Å². The van der Waals surface area contributed by atoms with Crippen LogP contribution in [0.15, 0.2) is 8.68 Å². The monoisotopic (exact) mass is 376 g/mol. The van der Waals surface area contributed by atoms with Gasteiger partial charge in [0.1, 0.15) is 0 Å². The molecule has 0 aromatic carbocycles. The second-order valence-corrected chi connectivity index (χ2v) is 9.09. The van der Waals surface area contributed by atoms with E-state index >= 15 is 0 Å².